The molecule has 21 heavy (non-hydrogen) atoms. The topological polar surface area (TPSA) is 116 Å². The summed E-state index contributed by atoms with van der Waals surface area (Å²) in [5, 5.41) is 9.40. The third kappa shape index (κ3) is 4.03. The van der Waals surface area contributed by atoms with Crippen LogP contribution in [0.3, 0.4) is 0 Å². The molecule has 3 N–H and O–H groups in total. The summed E-state index contributed by atoms with van der Waals surface area (Å²) in [6, 6.07) is 7.98. The molecule has 0 spiro atoms. The molecule has 0 saturated carbocycles. The van der Waals surface area contributed by atoms with Crippen LogP contribution in [0.2, 0.25) is 0 Å². The largest absolute Gasteiger partial charge is 0.478 e. The lowest BCUT2D eigenvalue weighted by atomic mass is 9.97. The molecular weight excluding hydrogens is 278 g/mol. The zero-order valence-electron chi connectivity index (χ0n) is 11.6. The number of carbonyl (C=O) groups excluding carboxylic acids is 2. The second kappa shape index (κ2) is 7.39. The molecule has 0 amide bonds. The van der Waals surface area contributed by atoms with Crippen molar-refractivity contribution in [2.24, 2.45) is 5.73 Å². The molecule has 0 heterocycles. The highest BCUT2D eigenvalue weighted by Crippen LogP contribution is 2.25. The van der Waals surface area contributed by atoms with Crippen molar-refractivity contribution >= 4 is 17.9 Å². The fourth-order valence-corrected chi connectivity index (χ4v) is 1.70. The molecule has 1 rings (SSSR count). The van der Waals surface area contributed by atoms with E-state index in [0.717, 1.165) is 0 Å². The number of hydrogen-bond acceptors (Lipinski definition) is 6. The van der Waals surface area contributed by atoms with E-state index in [2.05, 4.69) is 4.74 Å². The first kappa shape index (κ1) is 16.6. The number of benzene rings is 1. The Balaban J connectivity index is 3.11. The second-order valence-corrected chi connectivity index (χ2v) is 4.26. The highest BCUT2D eigenvalue weighted by Gasteiger charge is 2.51. The van der Waals surface area contributed by atoms with E-state index in [0.29, 0.717) is 6.42 Å². The van der Waals surface area contributed by atoms with Gasteiger partial charge in [-0.1, -0.05) is 31.5 Å². The lowest BCUT2D eigenvalue weighted by molar-refractivity contribution is -0.180. The zero-order chi connectivity index (χ0) is 15.9. The molecule has 0 saturated heterocycles. The molecule has 0 aliphatic heterocycles. The van der Waals surface area contributed by atoms with Crippen LogP contribution in [0, 0.1) is 0 Å². The highest BCUT2D eigenvalue weighted by atomic mass is 16.6. The van der Waals surface area contributed by atoms with Gasteiger partial charge in [-0.05, 0) is 12.1 Å². The molecule has 1 aromatic carbocycles. The first-order valence-corrected chi connectivity index (χ1v) is 6.39. The maximum Gasteiger partial charge on any atom is 0.370 e. The van der Waals surface area contributed by atoms with Gasteiger partial charge < -0.3 is 20.3 Å². The number of esters is 2. The number of ether oxygens (including phenoxy) is 2. The Hall–Kier alpha value is -2.41. The minimum atomic E-state index is -2.28. The van der Waals surface area contributed by atoms with Crippen molar-refractivity contribution in [3.8, 4) is 5.75 Å². The third-order valence-electron chi connectivity index (χ3n) is 2.69. The predicted molar refractivity (Wildman–Crippen MR) is 72.5 cm³/mol. The SMILES string of the molecule is CCCC(Oc1ccccc1)(C(=O)O)C(=O)OC(=O)CN. The summed E-state index contributed by atoms with van der Waals surface area (Å²) < 4.78 is 9.79. The number of hydrogen-bond donors (Lipinski definition) is 2. The van der Waals surface area contributed by atoms with Crippen molar-refractivity contribution in [3.63, 3.8) is 0 Å². The van der Waals surface area contributed by atoms with Crippen LogP contribution in [0.1, 0.15) is 19.8 Å². The van der Waals surface area contributed by atoms with Gasteiger partial charge in [0.05, 0.1) is 6.54 Å². The van der Waals surface area contributed by atoms with Gasteiger partial charge in [-0.25, -0.2) is 9.59 Å². The Morgan fingerprint density at radius 2 is 1.86 bits per heavy atom. The van der Waals surface area contributed by atoms with Crippen LogP contribution in [0.5, 0.6) is 5.75 Å². The van der Waals surface area contributed by atoms with Gasteiger partial charge in [0.2, 0.25) is 0 Å². The van der Waals surface area contributed by atoms with Crippen LogP contribution in [-0.2, 0) is 19.1 Å². The van der Waals surface area contributed by atoms with E-state index in [1.807, 2.05) is 0 Å². The smallest absolute Gasteiger partial charge is 0.370 e. The number of nitrogens with two attached hydrogens (primary N) is 1. The molecule has 1 atom stereocenters. The van der Waals surface area contributed by atoms with E-state index in [9.17, 15) is 19.5 Å². The number of aliphatic carboxylic acids is 1. The minimum Gasteiger partial charge on any atom is -0.478 e. The summed E-state index contributed by atoms with van der Waals surface area (Å²) >= 11 is 0. The molecule has 0 radical (unpaired) electrons. The van der Waals surface area contributed by atoms with Crippen LogP contribution in [0.25, 0.3) is 0 Å². The highest BCUT2D eigenvalue weighted by molar-refractivity contribution is 6.06. The van der Waals surface area contributed by atoms with Gasteiger partial charge in [-0.15, -0.1) is 0 Å². The van der Waals surface area contributed by atoms with Crippen LogP contribution < -0.4 is 10.5 Å². The van der Waals surface area contributed by atoms with Crippen LogP contribution in [0.4, 0.5) is 0 Å². The van der Waals surface area contributed by atoms with Crippen molar-refractivity contribution in [2.45, 2.75) is 25.4 Å². The van der Waals surface area contributed by atoms with Crippen LogP contribution in [-0.4, -0.2) is 35.2 Å². The van der Waals surface area contributed by atoms with Crippen molar-refractivity contribution in [2.75, 3.05) is 6.54 Å². The molecule has 1 aromatic rings. The van der Waals surface area contributed by atoms with Gasteiger partial charge in [0.25, 0.3) is 0 Å². The Morgan fingerprint density at radius 1 is 1.24 bits per heavy atom. The summed E-state index contributed by atoms with van der Waals surface area (Å²) in [7, 11) is 0. The number of para-hydroxylation sites is 1. The van der Waals surface area contributed by atoms with E-state index in [1.165, 1.54) is 12.1 Å². The van der Waals surface area contributed by atoms with E-state index < -0.39 is 30.1 Å². The lowest BCUT2D eigenvalue weighted by Gasteiger charge is -2.27. The van der Waals surface area contributed by atoms with E-state index in [-0.39, 0.29) is 12.2 Å². The molecule has 0 aliphatic carbocycles. The summed E-state index contributed by atoms with van der Waals surface area (Å²) in [6.45, 7) is 1.16. The molecule has 0 bridgehead atoms. The Kier molecular flexibility index (Phi) is 5.86. The Labute approximate surface area is 121 Å². The predicted octanol–water partition coefficient (Wildman–Crippen LogP) is 0.717. The van der Waals surface area contributed by atoms with Gasteiger partial charge in [-0.2, -0.15) is 0 Å². The van der Waals surface area contributed by atoms with E-state index >= 15 is 0 Å². The maximum absolute atomic E-state index is 12.1. The van der Waals surface area contributed by atoms with Crippen molar-refractivity contribution in [1.82, 2.24) is 0 Å². The normalized spacial score (nSPS) is 13.0. The van der Waals surface area contributed by atoms with Crippen LogP contribution >= 0.6 is 0 Å². The number of carboxylic acids is 1. The summed E-state index contributed by atoms with van der Waals surface area (Å²) in [5.41, 5.74) is 2.77. The molecule has 7 nitrogen and oxygen atoms in total. The maximum atomic E-state index is 12.1. The number of rotatable bonds is 7. The van der Waals surface area contributed by atoms with Crippen molar-refractivity contribution in [1.29, 1.82) is 0 Å². The standard InChI is InChI=1S/C14H17NO6/c1-2-8-14(12(17)18,13(19)20-11(16)9-15)21-10-6-4-3-5-7-10/h3-7H,2,8-9,15H2,1H3,(H,17,18). The average molecular weight is 295 g/mol. The molecule has 0 aliphatic rings. The van der Waals surface area contributed by atoms with E-state index in [4.69, 9.17) is 10.5 Å². The second-order valence-electron chi connectivity index (χ2n) is 4.26. The average Bonchev–Trinajstić information content (AvgIpc) is 2.47. The minimum absolute atomic E-state index is 0.145. The molecule has 7 heteroatoms. The zero-order valence-corrected chi connectivity index (χ0v) is 11.6. The van der Waals surface area contributed by atoms with E-state index in [1.54, 1.807) is 25.1 Å². The number of carbonyl (C=O) groups is 3. The van der Waals surface area contributed by atoms with Gasteiger partial charge in [0.1, 0.15) is 5.75 Å². The summed E-state index contributed by atoms with van der Waals surface area (Å²) in [6.07, 6.45) is 0.193. The molecule has 1 unspecified atom stereocenters. The van der Waals surface area contributed by atoms with Gasteiger partial charge >= 0.3 is 23.5 Å². The fraction of sp³-hybridized carbons (Fsp3) is 0.357. The quantitative estimate of drug-likeness (QED) is 0.562. The lowest BCUT2D eigenvalue weighted by Crippen LogP contribution is -2.53. The summed E-state index contributed by atoms with van der Waals surface area (Å²) in [4.78, 5) is 34.8. The Morgan fingerprint density at radius 3 is 2.33 bits per heavy atom. The molecular formula is C14H17NO6. The first-order valence-electron chi connectivity index (χ1n) is 6.39. The van der Waals surface area contributed by atoms with Crippen molar-refractivity contribution in [3.05, 3.63) is 30.3 Å². The first-order chi connectivity index (χ1) is 9.96. The fourth-order valence-electron chi connectivity index (χ4n) is 1.70. The Bertz CT molecular complexity index is 515. The molecule has 0 aromatic heterocycles. The van der Waals surface area contributed by atoms with Gasteiger partial charge in [0, 0.05) is 6.42 Å². The third-order valence-corrected chi connectivity index (χ3v) is 2.69. The summed E-state index contributed by atoms with van der Waals surface area (Å²) in [5.74, 6) is -3.64. The van der Waals surface area contributed by atoms with Gasteiger partial charge in [-0.3, -0.25) is 4.79 Å². The number of carboxylic acid groups (broad SMARTS) is 1. The molecule has 0 fully saturated rings. The monoisotopic (exact) mass is 295 g/mol. The van der Waals surface area contributed by atoms with Crippen LogP contribution in [0.15, 0.2) is 30.3 Å². The van der Waals surface area contributed by atoms with Gasteiger partial charge in [0.15, 0.2) is 0 Å². The van der Waals surface area contributed by atoms with Crippen molar-refractivity contribution < 1.29 is 29.0 Å². The molecule has 114 valence electrons.